The summed E-state index contributed by atoms with van der Waals surface area (Å²) < 4.78 is 41.0. The van der Waals surface area contributed by atoms with Gasteiger partial charge < -0.3 is 10.6 Å². The number of aryl methyl sites for hydroxylation is 1. The smallest absolute Gasteiger partial charge is 0.286 e. The van der Waals surface area contributed by atoms with Gasteiger partial charge in [0.15, 0.2) is 0 Å². The molecule has 0 unspecified atom stereocenters. The van der Waals surface area contributed by atoms with Crippen LogP contribution in [0, 0.1) is 12.7 Å². The van der Waals surface area contributed by atoms with Crippen LogP contribution in [-0.2, 0) is 21.4 Å². The number of rotatable bonds is 5. The Morgan fingerprint density at radius 1 is 1.19 bits per heavy atom. The molecule has 1 heterocycles. The largest absolute Gasteiger partial charge is 0.352 e. The summed E-state index contributed by atoms with van der Waals surface area (Å²) in [4.78, 5) is 12.1. The van der Waals surface area contributed by atoms with Gasteiger partial charge in [-0.05, 0) is 42.3 Å². The van der Waals surface area contributed by atoms with Gasteiger partial charge in [-0.2, -0.15) is 8.42 Å². The highest BCUT2D eigenvalue weighted by Gasteiger charge is 2.24. The van der Waals surface area contributed by atoms with E-state index in [1.54, 1.807) is 24.3 Å². The van der Waals surface area contributed by atoms with Crippen LogP contribution in [0.2, 0.25) is 0 Å². The molecule has 2 aromatic rings. The number of amidine groups is 1. The van der Waals surface area contributed by atoms with Crippen LogP contribution in [0.1, 0.15) is 24.0 Å². The van der Waals surface area contributed by atoms with Crippen LogP contribution in [0.3, 0.4) is 0 Å². The van der Waals surface area contributed by atoms with Crippen molar-refractivity contribution in [3.8, 4) is 0 Å². The van der Waals surface area contributed by atoms with Crippen molar-refractivity contribution in [3.05, 3.63) is 59.4 Å². The predicted molar refractivity (Wildman–Crippen MR) is 96.9 cm³/mol. The molecule has 0 aliphatic carbocycles. The van der Waals surface area contributed by atoms with Gasteiger partial charge in [-0.1, -0.05) is 18.2 Å². The molecular weight excluding hydrogens is 357 g/mol. The van der Waals surface area contributed by atoms with Crippen LogP contribution in [0.4, 0.5) is 10.1 Å². The Kier molecular flexibility index (Phi) is 5.03. The topological polar surface area (TPSA) is 87.6 Å². The van der Waals surface area contributed by atoms with Gasteiger partial charge in [-0.15, -0.1) is 4.40 Å². The molecular formula is C18H18FN3O3S. The lowest BCUT2D eigenvalue weighted by Crippen LogP contribution is -2.26. The van der Waals surface area contributed by atoms with Gasteiger partial charge in [0, 0.05) is 19.4 Å². The summed E-state index contributed by atoms with van der Waals surface area (Å²) in [5.41, 5.74) is 2.17. The molecule has 0 saturated heterocycles. The Bertz CT molecular complexity index is 970. The monoisotopic (exact) mass is 375 g/mol. The van der Waals surface area contributed by atoms with Gasteiger partial charge in [-0.3, -0.25) is 4.79 Å². The third-order valence-electron chi connectivity index (χ3n) is 3.91. The summed E-state index contributed by atoms with van der Waals surface area (Å²) in [6, 6.07) is 10.8. The lowest BCUT2D eigenvalue weighted by Gasteiger charge is -2.18. The van der Waals surface area contributed by atoms with Crippen LogP contribution < -0.4 is 10.6 Å². The maximum atomic E-state index is 12.8. The molecule has 26 heavy (non-hydrogen) atoms. The van der Waals surface area contributed by atoms with E-state index >= 15 is 0 Å². The first-order chi connectivity index (χ1) is 12.3. The van der Waals surface area contributed by atoms with Crippen LogP contribution in [0.5, 0.6) is 0 Å². The number of benzene rings is 2. The summed E-state index contributed by atoms with van der Waals surface area (Å²) in [6.07, 6.45) is 0.256. The zero-order valence-corrected chi connectivity index (χ0v) is 14.9. The fraction of sp³-hybridized carbons (Fsp3) is 0.222. The van der Waals surface area contributed by atoms with Crippen LogP contribution in [0.25, 0.3) is 0 Å². The Balaban J connectivity index is 1.58. The summed E-state index contributed by atoms with van der Waals surface area (Å²) >= 11 is 0. The number of halogens is 1. The molecule has 0 spiro atoms. The number of fused-ring (bicyclic) bond motifs is 1. The van der Waals surface area contributed by atoms with Crippen LogP contribution in [-0.4, -0.2) is 20.2 Å². The van der Waals surface area contributed by atoms with Gasteiger partial charge in [0.25, 0.3) is 10.0 Å². The zero-order chi connectivity index (χ0) is 18.7. The fourth-order valence-electron chi connectivity index (χ4n) is 2.57. The SMILES string of the molecule is Cc1ccc2c(c1)NC(CCC(=O)NCc1ccc(F)cc1)=NS2(=O)=O. The molecule has 2 N–H and O–H groups in total. The first-order valence-corrected chi connectivity index (χ1v) is 9.50. The number of hydrogen-bond donors (Lipinski definition) is 2. The molecule has 6 nitrogen and oxygen atoms in total. The minimum atomic E-state index is -3.76. The molecule has 1 aliphatic heterocycles. The first-order valence-electron chi connectivity index (χ1n) is 8.06. The van der Waals surface area contributed by atoms with E-state index in [0.29, 0.717) is 5.69 Å². The Hall–Kier alpha value is -2.74. The van der Waals surface area contributed by atoms with E-state index in [2.05, 4.69) is 15.0 Å². The molecule has 0 radical (unpaired) electrons. The third-order valence-corrected chi connectivity index (χ3v) is 5.29. The number of sulfonamides is 1. The average molecular weight is 375 g/mol. The van der Waals surface area contributed by atoms with Crippen molar-refractivity contribution in [1.29, 1.82) is 0 Å². The fourth-order valence-corrected chi connectivity index (χ4v) is 3.72. The molecule has 8 heteroatoms. The van der Waals surface area contributed by atoms with Gasteiger partial charge >= 0.3 is 0 Å². The molecule has 0 atom stereocenters. The second-order valence-corrected chi connectivity index (χ2v) is 7.61. The Morgan fingerprint density at radius 2 is 1.92 bits per heavy atom. The van der Waals surface area contributed by atoms with Crippen LogP contribution >= 0.6 is 0 Å². The highest BCUT2D eigenvalue weighted by Crippen LogP contribution is 2.28. The van der Waals surface area contributed by atoms with Gasteiger partial charge in [0.2, 0.25) is 5.91 Å². The molecule has 1 aliphatic rings. The normalized spacial score (nSPS) is 14.8. The lowest BCUT2D eigenvalue weighted by atomic mass is 10.2. The van der Waals surface area contributed by atoms with E-state index in [1.807, 2.05) is 6.92 Å². The van der Waals surface area contributed by atoms with Gasteiger partial charge in [0.1, 0.15) is 16.5 Å². The Labute approximate surface area is 151 Å². The van der Waals surface area contributed by atoms with Crippen LogP contribution in [0.15, 0.2) is 51.8 Å². The van der Waals surface area contributed by atoms with Crippen molar-refractivity contribution in [2.24, 2.45) is 4.40 Å². The highest BCUT2D eigenvalue weighted by molar-refractivity contribution is 7.90. The summed E-state index contributed by atoms with van der Waals surface area (Å²) in [7, 11) is -3.76. The molecule has 0 aromatic heterocycles. The maximum absolute atomic E-state index is 12.8. The number of carbonyl (C=O) groups excluding carboxylic acids is 1. The van der Waals surface area contributed by atoms with E-state index in [9.17, 15) is 17.6 Å². The van der Waals surface area contributed by atoms with E-state index in [1.165, 1.54) is 18.2 Å². The molecule has 0 saturated carbocycles. The van der Waals surface area contributed by atoms with E-state index in [-0.39, 0.29) is 41.8 Å². The van der Waals surface area contributed by atoms with Crippen molar-refractivity contribution in [2.45, 2.75) is 31.2 Å². The minimum Gasteiger partial charge on any atom is -0.352 e. The van der Waals surface area contributed by atoms with Crippen molar-refractivity contribution in [3.63, 3.8) is 0 Å². The molecule has 0 fully saturated rings. The quantitative estimate of drug-likeness (QED) is 0.841. The van der Waals surface area contributed by atoms with E-state index < -0.39 is 10.0 Å². The van der Waals surface area contributed by atoms with Crippen molar-refractivity contribution >= 4 is 27.5 Å². The lowest BCUT2D eigenvalue weighted by molar-refractivity contribution is -0.121. The number of hydrogen-bond acceptors (Lipinski definition) is 4. The van der Waals surface area contributed by atoms with E-state index in [4.69, 9.17) is 0 Å². The number of amides is 1. The van der Waals surface area contributed by atoms with E-state index in [0.717, 1.165) is 11.1 Å². The standard InChI is InChI=1S/C18H18FN3O3S/c1-12-2-7-16-15(10-12)21-17(22-26(16,24)25)8-9-18(23)20-11-13-3-5-14(19)6-4-13/h2-7,10H,8-9,11H2,1H3,(H,20,23)(H,21,22). The second-order valence-electron chi connectivity index (χ2n) is 6.04. The van der Waals surface area contributed by atoms with Gasteiger partial charge in [0.05, 0.1) is 5.69 Å². The molecule has 1 amide bonds. The number of carbonyl (C=O) groups is 1. The second kappa shape index (κ2) is 7.25. The maximum Gasteiger partial charge on any atom is 0.286 e. The average Bonchev–Trinajstić information content (AvgIpc) is 2.58. The first kappa shape index (κ1) is 18.1. The third kappa shape index (κ3) is 4.26. The predicted octanol–water partition coefficient (Wildman–Crippen LogP) is 2.74. The van der Waals surface area contributed by atoms with Gasteiger partial charge in [-0.25, -0.2) is 4.39 Å². The number of nitrogens with zero attached hydrogens (tertiary/aromatic N) is 1. The molecule has 3 rings (SSSR count). The Morgan fingerprint density at radius 3 is 2.65 bits per heavy atom. The van der Waals surface area contributed by atoms with Crippen molar-refractivity contribution < 1.29 is 17.6 Å². The molecule has 0 bridgehead atoms. The summed E-state index contributed by atoms with van der Waals surface area (Å²) in [5, 5.41) is 5.69. The number of nitrogens with one attached hydrogen (secondary N) is 2. The molecule has 2 aromatic carbocycles. The summed E-state index contributed by atoms with van der Waals surface area (Å²) in [6.45, 7) is 2.14. The minimum absolute atomic E-state index is 0.0870. The molecule has 136 valence electrons. The number of anilines is 1. The summed E-state index contributed by atoms with van der Waals surface area (Å²) in [5.74, 6) is -0.343. The highest BCUT2D eigenvalue weighted by atomic mass is 32.2. The van der Waals surface area contributed by atoms with Crippen molar-refractivity contribution in [2.75, 3.05) is 5.32 Å². The van der Waals surface area contributed by atoms with Crippen molar-refractivity contribution in [1.82, 2.24) is 5.32 Å². The zero-order valence-electron chi connectivity index (χ0n) is 14.1.